The second-order valence-corrected chi connectivity index (χ2v) is 4.89. The molecule has 0 atom stereocenters. The number of hydrogen-bond acceptors (Lipinski definition) is 4. The zero-order valence-electron chi connectivity index (χ0n) is 7.58. The number of carboxylic acids is 1. The predicted octanol–water partition coefficient (Wildman–Crippen LogP) is 2.99. The fourth-order valence-corrected chi connectivity index (χ4v) is 2.79. The van der Waals surface area contributed by atoms with Gasteiger partial charge in [-0.15, -0.1) is 11.3 Å². The van der Waals surface area contributed by atoms with Gasteiger partial charge in [-0.1, -0.05) is 23.9 Å². The molecule has 5 heteroatoms. The molecule has 0 radical (unpaired) electrons. The molecule has 2 rings (SSSR count). The van der Waals surface area contributed by atoms with Crippen molar-refractivity contribution in [2.24, 2.45) is 0 Å². The molecule has 0 spiro atoms. The quantitative estimate of drug-likeness (QED) is 0.891. The van der Waals surface area contributed by atoms with Crippen LogP contribution in [0.3, 0.4) is 0 Å². The molecule has 1 aromatic carbocycles. The maximum atomic E-state index is 10.9. The summed E-state index contributed by atoms with van der Waals surface area (Å²) in [5.74, 6) is -0.908. The lowest BCUT2D eigenvalue weighted by Gasteiger charge is -2.01. The molecule has 1 aromatic heterocycles. The molecule has 0 aliphatic heterocycles. The van der Waals surface area contributed by atoms with Crippen LogP contribution in [0, 0.1) is 0 Å². The third-order valence-electron chi connectivity index (χ3n) is 1.72. The van der Waals surface area contributed by atoms with E-state index in [9.17, 15) is 4.79 Å². The van der Waals surface area contributed by atoms with E-state index in [1.807, 2.05) is 11.4 Å². The molecule has 1 N–H and O–H groups in total. The minimum Gasteiger partial charge on any atom is -0.478 e. The lowest BCUT2D eigenvalue weighted by molar-refractivity contribution is 0.0693. The van der Waals surface area contributed by atoms with Gasteiger partial charge in [0.15, 0.2) is 4.34 Å². The number of benzene rings is 1. The summed E-state index contributed by atoms with van der Waals surface area (Å²) >= 11 is 2.87. The Morgan fingerprint density at radius 3 is 2.87 bits per heavy atom. The van der Waals surface area contributed by atoms with Crippen LogP contribution in [0.25, 0.3) is 0 Å². The molecule has 76 valence electrons. The standard InChI is InChI=1S/C10H7NO2S2/c12-9(13)7-3-1-2-4-8(7)15-10-11-5-6-14-10/h1-6H,(H,12,13). The molecule has 0 saturated heterocycles. The largest absolute Gasteiger partial charge is 0.478 e. The summed E-state index contributed by atoms with van der Waals surface area (Å²) in [5.41, 5.74) is 0.317. The van der Waals surface area contributed by atoms with Crippen molar-refractivity contribution in [3.63, 3.8) is 0 Å². The van der Waals surface area contributed by atoms with Crippen molar-refractivity contribution in [2.45, 2.75) is 9.24 Å². The summed E-state index contributed by atoms with van der Waals surface area (Å²) in [4.78, 5) is 15.7. The number of carboxylic acid groups (broad SMARTS) is 1. The number of hydrogen-bond donors (Lipinski definition) is 1. The van der Waals surface area contributed by atoms with E-state index in [2.05, 4.69) is 4.98 Å². The van der Waals surface area contributed by atoms with Crippen LogP contribution in [0.1, 0.15) is 10.4 Å². The molecule has 0 aliphatic rings. The van der Waals surface area contributed by atoms with E-state index in [4.69, 9.17) is 5.11 Å². The number of nitrogens with zero attached hydrogens (tertiary/aromatic N) is 1. The normalized spacial score (nSPS) is 10.1. The second-order valence-electron chi connectivity index (χ2n) is 2.70. The van der Waals surface area contributed by atoms with Gasteiger partial charge in [-0.3, -0.25) is 0 Å². The fraction of sp³-hybridized carbons (Fsp3) is 0. The highest BCUT2D eigenvalue weighted by Crippen LogP contribution is 2.31. The maximum absolute atomic E-state index is 10.9. The van der Waals surface area contributed by atoms with Crippen molar-refractivity contribution in [3.8, 4) is 0 Å². The van der Waals surface area contributed by atoms with Crippen molar-refractivity contribution in [1.82, 2.24) is 4.98 Å². The smallest absolute Gasteiger partial charge is 0.336 e. The Hall–Kier alpha value is -1.33. The molecule has 15 heavy (non-hydrogen) atoms. The van der Waals surface area contributed by atoms with Crippen LogP contribution in [-0.4, -0.2) is 16.1 Å². The molecule has 0 saturated carbocycles. The first kappa shape index (κ1) is 10.2. The molecule has 0 fully saturated rings. The number of aromatic nitrogens is 1. The van der Waals surface area contributed by atoms with Crippen molar-refractivity contribution >= 4 is 29.1 Å². The molecule has 3 nitrogen and oxygen atoms in total. The fourth-order valence-electron chi connectivity index (χ4n) is 1.09. The van der Waals surface area contributed by atoms with Gasteiger partial charge >= 0.3 is 5.97 Å². The van der Waals surface area contributed by atoms with Gasteiger partial charge in [-0.2, -0.15) is 0 Å². The Bertz CT molecular complexity index is 468. The van der Waals surface area contributed by atoms with Crippen LogP contribution < -0.4 is 0 Å². The molecule has 0 unspecified atom stereocenters. The first-order chi connectivity index (χ1) is 7.27. The Morgan fingerprint density at radius 2 is 2.20 bits per heavy atom. The van der Waals surface area contributed by atoms with Crippen LogP contribution in [-0.2, 0) is 0 Å². The number of thiazole rings is 1. The predicted molar refractivity (Wildman–Crippen MR) is 59.6 cm³/mol. The summed E-state index contributed by atoms with van der Waals surface area (Å²) in [6.45, 7) is 0. The minimum absolute atomic E-state index is 0.317. The lowest BCUT2D eigenvalue weighted by atomic mass is 10.2. The molecule has 0 bridgehead atoms. The number of aromatic carboxylic acids is 1. The van der Waals surface area contributed by atoms with Gasteiger partial charge < -0.3 is 5.11 Å². The highest BCUT2D eigenvalue weighted by molar-refractivity contribution is 8.01. The van der Waals surface area contributed by atoms with Gasteiger partial charge in [-0.25, -0.2) is 9.78 Å². The summed E-state index contributed by atoms with van der Waals surface area (Å²) in [5, 5.41) is 10.8. The van der Waals surface area contributed by atoms with Gasteiger partial charge in [0.1, 0.15) is 0 Å². The van der Waals surface area contributed by atoms with Crippen molar-refractivity contribution < 1.29 is 9.90 Å². The third-order valence-corrected chi connectivity index (χ3v) is 3.68. The first-order valence-corrected chi connectivity index (χ1v) is 5.86. The van der Waals surface area contributed by atoms with Gasteiger partial charge in [0.25, 0.3) is 0 Å². The van der Waals surface area contributed by atoms with Crippen LogP contribution in [0.15, 0.2) is 45.1 Å². The Morgan fingerprint density at radius 1 is 1.40 bits per heavy atom. The minimum atomic E-state index is -0.908. The monoisotopic (exact) mass is 237 g/mol. The lowest BCUT2D eigenvalue weighted by Crippen LogP contribution is -1.97. The zero-order chi connectivity index (χ0) is 10.7. The Balaban J connectivity index is 2.32. The van der Waals surface area contributed by atoms with Gasteiger partial charge in [0.2, 0.25) is 0 Å². The van der Waals surface area contributed by atoms with E-state index >= 15 is 0 Å². The second kappa shape index (κ2) is 4.46. The van der Waals surface area contributed by atoms with Crippen LogP contribution in [0.4, 0.5) is 0 Å². The summed E-state index contributed by atoms with van der Waals surface area (Å²) < 4.78 is 0.851. The first-order valence-electron chi connectivity index (χ1n) is 4.17. The van der Waals surface area contributed by atoms with E-state index in [0.29, 0.717) is 5.56 Å². The molecule has 2 aromatic rings. The van der Waals surface area contributed by atoms with Crippen LogP contribution >= 0.6 is 23.1 Å². The van der Waals surface area contributed by atoms with E-state index in [1.54, 1.807) is 24.4 Å². The maximum Gasteiger partial charge on any atom is 0.336 e. The highest BCUT2D eigenvalue weighted by Gasteiger charge is 2.10. The summed E-state index contributed by atoms with van der Waals surface area (Å²) in [6.07, 6.45) is 1.70. The van der Waals surface area contributed by atoms with Crippen molar-refractivity contribution in [3.05, 3.63) is 41.4 Å². The van der Waals surface area contributed by atoms with E-state index < -0.39 is 5.97 Å². The third kappa shape index (κ3) is 2.37. The van der Waals surface area contributed by atoms with Gasteiger partial charge in [0.05, 0.1) is 5.56 Å². The molecule has 1 heterocycles. The number of carbonyl (C=O) groups is 1. The average molecular weight is 237 g/mol. The topological polar surface area (TPSA) is 50.2 Å². The van der Waals surface area contributed by atoms with Crippen LogP contribution in [0.5, 0.6) is 0 Å². The molecule has 0 amide bonds. The Labute approximate surface area is 94.8 Å². The molecule has 0 aliphatic carbocycles. The highest BCUT2D eigenvalue weighted by atomic mass is 32.2. The SMILES string of the molecule is O=C(O)c1ccccc1Sc1nccs1. The van der Waals surface area contributed by atoms with Crippen molar-refractivity contribution in [1.29, 1.82) is 0 Å². The Kier molecular flexibility index (Phi) is 3.03. The number of rotatable bonds is 3. The van der Waals surface area contributed by atoms with Crippen LogP contribution in [0.2, 0.25) is 0 Å². The molecular formula is C10H7NO2S2. The van der Waals surface area contributed by atoms with E-state index in [0.717, 1.165) is 9.24 Å². The summed E-state index contributed by atoms with van der Waals surface area (Å²) in [7, 11) is 0. The molecular weight excluding hydrogens is 230 g/mol. The summed E-state index contributed by atoms with van der Waals surface area (Å²) in [6, 6.07) is 6.92. The average Bonchev–Trinajstić information content (AvgIpc) is 2.71. The van der Waals surface area contributed by atoms with E-state index in [1.165, 1.54) is 23.1 Å². The zero-order valence-corrected chi connectivity index (χ0v) is 9.22. The van der Waals surface area contributed by atoms with E-state index in [-0.39, 0.29) is 0 Å². The van der Waals surface area contributed by atoms with Crippen molar-refractivity contribution in [2.75, 3.05) is 0 Å². The van der Waals surface area contributed by atoms with Gasteiger partial charge in [0, 0.05) is 16.5 Å². The van der Waals surface area contributed by atoms with Gasteiger partial charge in [-0.05, 0) is 12.1 Å².